The van der Waals surface area contributed by atoms with Gasteiger partial charge in [-0.3, -0.25) is 4.79 Å². The van der Waals surface area contributed by atoms with Gasteiger partial charge in [0.15, 0.2) is 0 Å². The minimum Gasteiger partial charge on any atom is -0.348 e. The normalized spacial score (nSPS) is 21.0. The minimum atomic E-state index is -0.342. The number of rotatable bonds is 4. The molecule has 1 atom stereocenters. The van der Waals surface area contributed by atoms with Crippen LogP contribution in [0, 0.1) is 0 Å². The first-order valence-corrected chi connectivity index (χ1v) is 8.26. The molecule has 0 spiro atoms. The first kappa shape index (κ1) is 14.6. The van der Waals surface area contributed by atoms with Crippen LogP contribution >= 0.6 is 0 Å². The van der Waals surface area contributed by atoms with Gasteiger partial charge in [0.2, 0.25) is 5.91 Å². The van der Waals surface area contributed by atoms with Crippen LogP contribution in [0.1, 0.15) is 61.8 Å². The van der Waals surface area contributed by atoms with Gasteiger partial charge in [-0.2, -0.15) is 0 Å². The third kappa shape index (κ3) is 2.71. The topological polar surface area (TPSA) is 41.1 Å². The number of aryl methyl sites for hydroxylation is 2. The molecular weight excluding hydrogens is 260 g/mol. The lowest BCUT2D eigenvalue weighted by molar-refractivity contribution is -0.128. The van der Waals surface area contributed by atoms with E-state index in [4.69, 9.17) is 0 Å². The standard InChI is InChI=1S/C18H26N2O/c1-13(15-9-8-14-6-5-7-16(14)12-15)20-17(21)18(19-2)10-3-4-11-18/h8-9,12-13,19H,3-7,10-11H2,1-2H3,(H,20,21). The molecule has 2 aliphatic rings. The van der Waals surface area contributed by atoms with Crippen molar-refractivity contribution in [3.8, 4) is 0 Å². The molecule has 2 aliphatic carbocycles. The zero-order valence-corrected chi connectivity index (χ0v) is 13.2. The van der Waals surface area contributed by atoms with Crippen LogP contribution in [0.3, 0.4) is 0 Å². The fourth-order valence-corrected chi connectivity index (χ4v) is 3.85. The second kappa shape index (κ2) is 5.80. The molecule has 1 fully saturated rings. The number of carbonyl (C=O) groups excluding carboxylic acids is 1. The Balaban J connectivity index is 1.71. The summed E-state index contributed by atoms with van der Waals surface area (Å²) in [4.78, 5) is 12.6. The van der Waals surface area contributed by atoms with Crippen LogP contribution in [-0.2, 0) is 17.6 Å². The predicted molar refractivity (Wildman–Crippen MR) is 85.3 cm³/mol. The first-order valence-electron chi connectivity index (χ1n) is 8.26. The molecule has 0 radical (unpaired) electrons. The van der Waals surface area contributed by atoms with E-state index >= 15 is 0 Å². The van der Waals surface area contributed by atoms with Gasteiger partial charge in [-0.1, -0.05) is 31.0 Å². The molecule has 21 heavy (non-hydrogen) atoms. The Morgan fingerprint density at radius 2 is 1.86 bits per heavy atom. The zero-order chi connectivity index (χ0) is 14.9. The molecule has 0 aromatic heterocycles. The average Bonchev–Trinajstić information content (AvgIpc) is 3.15. The number of amides is 1. The minimum absolute atomic E-state index is 0.0780. The molecule has 1 unspecified atom stereocenters. The van der Waals surface area contributed by atoms with Gasteiger partial charge in [0, 0.05) is 0 Å². The summed E-state index contributed by atoms with van der Waals surface area (Å²) in [5, 5.41) is 6.48. The Labute approximate surface area is 127 Å². The van der Waals surface area contributed by atoms with Gasteiger partial charge in [-0.25, -0.2) is 0 Å². The molecule has 3 heteroatoms. The summed E-state index contributed by atoms with van der Waals surface area (Å²) < 4.78 is 0. The van der Waals surface area contributed by atoms with Gasteiger partial charge in [0.05, 0.1) is 11.6 Å². The molecule has 1 aromatic carbocycles. The molecule has 0 aliphatic heterocycles. The Kier molecular flexibility index (Phi) is 4.03. The van der Waals surface area contributed by atoms with Crippen LogP contribution in [0.25, 0.3) is 0 Å². The maximum absolute atomic E-state index is 12.6. The van der Waals surface area contributed by atoms with Crippen LogP contribution in [0.4, 0.5) is 0 Å². The molecule has 2 N–H and O–H groups in total. The average molecular weight is 286 g/mol. The van der Waals surface area contributed by atoms with E-state index < -0.39 is 0 Å². The molecule has 0 bridgehead atoms. The lowest BCUT2D eigenvalue weighted by atomic mass is 9.95. The van der Waals surface area contributed by atoms with E-state index in [1.807, 2.05) is 7.05 Å². The van der Waals surface area contributed by atoms with E-state index in [0.29, 0.717) is 0 Å². The summed E-state index contributed by atoms with van der Waals surface area (Å²) in [6, 6.07) is 6.78. The second-order valence-corrected chi connectivity index (χ2v) is 6.62. The number of fused-ring (bicyclic) bond motifs is 1. The molecule has 1 aromatic rings. The molecule has 1 saturated carbocycles. The van der Waals surface area contributed by atoms with Crippen molar-refractivity contribution < 1.29 is 4.79 Å². The largest absolute Gasteiger partial charge is 0.348 e. The summed E-state index contributed by atoms with van der Waals surface area (Å²) >= 11 is 0. The van der Waals surface area contributed by atoms with Gasteiger partial charge >= 0.3 is 0 Å². The number of nitrogens with one attached hydrogen (secondary N) is 2. The number of carbonyl (C=O) groups is 1. The van der Waals surface area contributed by atoms with Crippen molar-refractivity contribution in [2.24, 2.45) is 0 Å². The highest BCUT2D eigenvalue weighted by molar-refractivity contribution is 5.87. The Morgan fingerprint density at radius 3 is 2.57 bits per heavy atom. The summed E-state index contributed by atoms with van der Waals surface area (Å²) in [6.45, 7) is 2.09. The van der Waals surface area contributed by atoms with E-state index in [1.165, 1.54) is 36.0 Å². The van der Waals surface area contributed by atoms with Gasteiger partial charge < -0.3 is 10.6 Å². The number of likely N-dealkylation sites (N-methyl/N-ethyl adjacent to an activating group) is 1. The van der Waals surface area contributed by atoms with Gasteiger partial charge in [0.1, 0.15) is 0 Å². The highest BCUT2D eigenvalue weighted by Crippen LogP contribution is 2.31. The third-order valence-electron chi connectivity index (χ3n) is 5.34. The Morgan fingerprint density at radius 1 is 1.14 bits per heavy atom. The highest BCUT2D eigenvalue weighted by atomic mass is 16.2. The zero-order valence-electron chi connectivity index (χ0n) is 13.2. The van der Waals surface area contributed by atoms with E-state index in [9.17, 15) is 4.79 Å². The monoisotopic (exact) mass is 286 g/mol. The van der Waals surface area contributed by atoms with Crippen molar-refractivity contribution in [3.63, 3.8) is 0 Å². The van der Waals surface area contributed by atoms with Crippen molar-refractivity contribution in [2.45, 2.75) is 63.5 Å². The van der Waals surface area contributed by atoms with E-state index in [2.05, 4.69) is 35.8 Å². The molecule has 0 heterocycles. The van der Waals surface area contributed by atoms with Crippen LogP contribution in [0.5, 0.6) is 0 Å². The maximum Gasteiger partial charge on any atom is 0.240 e. The number of hydrogen-bond donors (Lipinski definition) is 2. The van der Waals surface area contributed by atoms with Crippen LogP contribution in [-0.4, -0.2) is 18.5 Å². The lowest BCUT2D eigenvalue weighted by Crippen LogP contribution is -2.54. The Hall–Kier alpha value is -1.35. The van der Waals surface area contributed by atoms with Crippen molar-refractivity contribution in [1.82, 2.24) is 10.6 Å². The second-order valence-electron chi connectivity index (χ2n) is 6.62. The fourth-order valence-electron chi connectivity index (χ4n) is 3.85. The molecule has 114 valence electrons. The molecule has 1 amide bonds. The van der Waals surface area contributed by atoms with Gasteiger partial charge in [0.25, 0.3) is 0 Å². The molecule has 3 nitrogen and oxygen atoms in total. The quantitative estimate of drug-likeness (QED) is 0.893. The van der Waals surface area contributed by atoms with Crippen molar-refractivity contribution in [1.29, 1.82) is 0 Å². The molecule has 3 rings (SSSR count). The maximum atomic E-state index is 12.6. The summed E-state index contributed by atoms with van der Waals surface area (Å²) in [5.41, 5.74) is 3.84. The third-order valence-corrected chi connectivity index (χ3v) is 5.34. The van der Waals surface area contributed by atoms with Gasteiger partial charge in [-0.05, 0) is 62.8 Å². The van der Waals surface area contributed by atoms with Crippen LogP contribution < -0.4 is 10.6 Å². The summed E-state index contributed by atoms with van der Waals surface area (Å²) in [6.07, 6.45) is 7.84. The van der Waals surface area contributed by atoms with E-state index in [1.54, 1.807) is 0 Å². The lowest BCUT2D eigenvalue weighted by Gasteiger charge is -2.29. The fraction of sp³-hybridized carbons (Fsp3) is 0.611. The number of benzene rings is 1. The van der Waals surface area contributed by atoms with Crippen molar-refractivity contribution >= 4 is 5.91 Å². The smallest absolute Gasteiger partial charge is 0.240 e. The number of hydrogen-bond acceptors (Lipinski definition) is 2. The van der Waals surface area contributed by atoms with E-state index in [0.717, 1.165) is 25.7 Å². The molecular formula is C18H26N2O. The van der Waals surface area contributed by atoms with Crippen molar-refractivity contribution in [2.75, 3.05) is 7.05 Å². The summed E-state index contributed by atoms with van der Waals surface area (Å²) in [7, 11) is 1.91. The Bertz CT molecular complexity index is 532. The van der Waals surface area contributed by atoms with Crippen LogP contribution in [0.2, 0.25) is 0 Å². The summed E-state index contributed by atoms with van der Waals surface area (Å²) in [5.74, 6) is 0.162. The van der Waals surface area contributed by atoms with Crippen molar-refractivity contribution in [3.05, 3.63) is 34.9 Å². The highest BCUT2D eigenvalue weighted by Gasteiger charge is 2.39. The van der Waals surface area contributed by atoms with Gasteiger partial charge in [-0.15, -0.1) is 0 Å². The van der Waals surface area contributed by atoms with E-state index in [-0.39, 0.29) is 17.5 Å². The first-order chi connectivity index (χ1) is 10.1. The SMILES string of the molecule is CNC1(C(=O)NC(C)c2ccc3c(c2)CCC3)CCCC1. The predicted octanol–water partition coefficient (Wildman–Crippen LogP) is 2.88. The van der Waals surface area contributed by atoms with Crippen LogP contribution in [0.15, 0.2) is 18.2 Å². The molecule has 0 saturated heterocycles.